The summed E-state index contributed by atoms with van der Waals surface area (Å²) in [6.45, 7) is 6.24. The highest BCUT2D eigenvalue weighted by Gasteiger charge is 2.39. The average molecular weight is 253 g/mol. The highest BCUT2D eigenvalue weighted by atomic mass is 16.2. The van der Waals surface area contributed by atoms with Gasteiger partial charge in [-0.1, -0.05) is 6.92 Å². The zero-order valence-corrected chi connectivity index (χ0v) is 11.8. The first-order valence-electron chi connectivity index (χ1n) is 7.38. The summed E-state index contributed by atoms with van der Waals surface area (Å²) >= 11 is 0. The van der Waals surface area contributed by atoms with Crippen LogP contribution >= 0.6 is 0 Å². The van der Waals surface area contributed by atoms with Gasteiger partial charge in [-0.2, -0.15) is 0 Å². The zero-order chi connectivity index (χ0) is 13.0. The van der Waals surface area contributed by atoms with Crippen LogP contribution in [-0.2, 0) is 4.79 Å². The smallest absolute Gasteiger partial charge is 0.240 e. The molecule has 18 heavy (non-hydrogen) atoms. The van der Waals surface area contributed by atoms with Gasteiger partial charge in [0, 0.05) is 13.1 Å². The monoisotopic (exact) mass is 253 g/mol. The minimum absolute atomic E-state index is 0.218. The SMILES string of the molecule is CCC1(C(=O)NCC2CCCN(C)C2)CCCN1. The van der Waals surface area contributed by atoms with E-state index in [1.54, 1.807) is 0 Å². The highest BCUT2D eigenvalue weighted by Crippen LogP contribution is 2.23. The molecule has 2 saturated heterocycles. The van der Waals surface area contributed by atoms with Gasteiger partial charge in [0.05, 0.1) is 5.54 Å². The standard InChI is InChI=1S/C14H27N3O/c1-3-14(7-5-8-16-14)13(18)15-10-12-6-4-9-17(2)11-12/h12,16H,3-11H2,1-2H3,(H,15,18). The molecule has 1 amide bonds. The molecular formula is C14H27N3O. The first kappa shape index (κ1) is 13.8. The summed E-state index contributed by atoms with van der Waals surface area (Å²) in [5, 5.41) is 6.57. The number of likely N-dealkylation sites (tertiary alicyclic amines) is 1. The number of rotatable bonds is 4. The number of nitrogens with zero attached hydrogens (tertiary/aromatic N) is 1. The third-order valence-electron chi connectivity index (χ3n) is 4.56. The van der Waals surface area contributed by atoms with Crippen LogP contribution < -0.4 is 10.6 Å². The van der Waals surface area contributed by atoms with Gasteiger partial charge >= 0.3 is 0 Å². The van der Waals surface area contributed by atoms with Crippen molar-refractivity contribution in [3.63, 3.8) is 0 Å². The molecule has 0 saturated carbocycles. The molecule has 0 bridgehead atoms. The van der Waals surface area contributed by atoms with E-state index in [1.165, 1.54) is 19.4 Å². The molecule has 0 radical (unpaired) electrons. The number of amides is 1. The van der Waals surface area contributed by atoms with Gasteiger partial charge in [0.2, 0.25) is 5.91 Å². The lowest BCUT2D eigenvalue weighted by Crippen LogP contribution is -2.54. The molecule has 0 spiro atoms. The Kier molecular flexibility index (Phi) is 4.62. The zero-order valence-electron chi connectivity index (χ0n) is 11.8. The van der Waals surface area contributed by atoms with Crippen LogP contribution in [0.15, 0.2) is 0 Å². The Morgan fingerprint density at radius 3 is 2.94 bits per heavy atom. The normalized spacial score (nSPS) is 33.6. The fourth-order valence-corrected chi connectivity index (χ4v) is 3.31. The van der Waals surface area contributed by atoms with Crippen molar-refractivity contribution in [1.82, 2.24) is 15.5 Å². The molecule has 2 rings (SSSR count). The van der Waals surface area contributed by atoms with Crippen LogP contribution in [0, 0.1) is 5.92 Å². The molecule has 2 heterocycles. The van der Waals surface area contributed by atoms with Crippen LogP contribution in [-0.4, -0.2) is 49.6 Å². The van der Waals surface area contributed by atoms with Gasteiger partial charge in [-0.25, -0.2) is 0 Å². The third kappa shape index (κ3) is 3.04. The Labute approximate surface area is 110 Å². The topological polar surface area (TPSA) is 44.4 Å². The second-order valence-corrected chi connectivity index (χ2v) is 5.95. The van der Waals surface area contributed by atoms with Crippen molar-refractivity contribution < 1.29 is 4.79 Å². The van der Waals surface area contributed by atoms with Crippen molar-refractivity contribution in [2.24, 2.45) is 5.92 Å². The predicted octanol–water partition coefficient (Wildman–Crippen LogP) is 0.977. The fraction of sp³-hybridized carbons (Fsp3) is 0.929. The number of hydrogen-bond donors (Lipinski definition) is 2. The van der Waals surface area contributed by atoms with Gasteiger partial charge in [-0.3, -0.25) is 4.79 Å². The van der Waals surface area contributed by atoms with E-state index in [0.717, 1.165) is 38.9 Å². The molecule has 4 nitrogen and oxygen atoms in total. The molecule has 2 aliphatic rings. The van der Waals surface area contributed by atoms with Crippen LogP contribution in [0.3, 0.4) is 0 Å². The number of nitrogens with one attached hydrogen (secondary N) is 2. The molecule has 0 aromatic carbocycles. The largest absolute Gasteiger partial charge is 0.354 e. The molecule has 4 heteroatoms. The summed E-state index contributed by atoms with van der Waals surface area (Å²) in [7, 11) is 2.17. The van der Waals surface area contributed by atoms with Crippen LogP contribution in [0.1, 0.15) is 39.0 Å². The van der Waals surface area contributed by atoms with Crippen molar-refractivity contribution >= 4 is 5.91 Å². The lowest BCUT2D eigenvalue weighted by atomic mass is 9.92. The maximum Gasteiger partial charge on any atom is 0.240 e. The van der Waals surface area contributed by atoms with Crippen LogP contribution in [0.2, 0.25) is 0 Å². The average Bonchev–Trinajstić information content (AvgIpc) is 2.86. The second kappa shape index (κ2) is 6.02. The first-order valence-corrected chi connectivity index (χ1v) is 7.38. The second-order valence-electron chi connectivity index (χ2n) is 5.95. The minimum Gasteiger partial charge on any atom is -0.354 e. The van der Waals surface area contributed by atoms with Gasteiger partial charge in [0.1, 0.15) is 0 Å². The Morgan fingerprint density at radius 1 is 1.50 bits per heavy atom. The van der Waals surface area contributed by atoms with Crippen molar-refractivity contribution in [3.05, 3.63) is 0 Å². The van der Waals surface area contributed by atoms with Crippen LogP contribution in [0.4, 0.5) is 0 Å². The lowest BCUT2D eigenvalue weighted by molar-refractivity contribution is -0.127. The van der Waals surface area contributed by atoms with Crippen molar-refractivity contribution in [2.75, 3.05) is 33.2 Å². The Balaban J connectivity index is 1.80. The predicted molar refractivity (Wildman–Crippen MR) is 73.5 cm³/mol. The molecule has 2 aliphatic heterocycles. The Hall–Kier alpha value is -0.610. The van der Waals surface area contributed by atoms with E-state index in [9.17, 15) is 4.79 Å². The maximum atomic E-state index is 12.3. The molecule has 2 N–H and O–H groups in total. The molecular weight excluding hydrogens is 226 g/mol. The molecule has 2 fully saturated rings. The van der Waals surface area contributed by atoms with Crippen molar-refractivity contribution in [2.45, 2.75) is 44.6 Å². The van der Waals surface area contributed by atoms with Crippen LogP contribution in [0.25, 0.3) is 0 Å². The van der Waals surface area contributed by atoms with Gasteiger partial charge in [-0.05, 0) is 58.2 Å². The minimum atomic E-state index is -0.277. The molecule has 0 aromatic rings. The Bertz CT molecular complexity index is 287. The molecule has 2 unspecified atom stereocenters. The molecule has 2 atom stereocenters. The first-order chi connectivity index (χ1) is 8.66. The van der Waals surface area contributed by atoms with Crippen molar-refractivity contribution in [3.8, 4) is 0 Å². The summed E-state index contributed by atoms with van der Waals surface area (Å²) in [6.07, 6.45) is 5.50. The number of hydrogen-bond acceptors (Lipinski definition) is 3. The molecule has 0 aliphatic carbocycles. The summed E-state index contributed by atoms with van der Waals surface area (Å²) in [5.74, 6) is 0.846. The summed E-state index contributed by atoms with van der Waals surface area (Å²) in [4.78, 5) is 14.7. The van der Waals surface area contributed by atoms with E-state index >= 15 is 0 Å². The Morgan fingerprint density at radius 2 is 2.33 bits per heavy atom. The number of carbonyl (C=O) groups excluding carboxylic acids is 1. The lowest BCUT2D eigenvalue weighted by Gasteiger charge is -2.32. The van der Waals surface area contributed by atoms with Gasteiger partial charge < -0.3 is 15.5 Å². The number of carbonyl (C=O) groups is 1. The van der Waals surface area contributed by atoms with Gasteiger partial charge in [0.15, 0.2) is 0 Å². The van der Waals surface area contributed by atoms with E-state index in [0.29, 0.717) is 5.92 Å². The quantitative estimate of drug-likeness (QED) is 0.785. The maximum absolute atomic E-state index is 12.3. The summed E-state index contributed by atoms with van der Waals surface area (Å²) in [5.41, 5.74) is -0.277. The van der Waals surface area contributed by atoms with Gasteiger partial charge in [0.25, 0.3) is 0 Å². The fourth-order valence-electron chi connectivity index (χ4n) is 3.31. The van der Waals surface area contributed by atoms with E-state index in [1.807, 2.05) is 0 Å². The van der Waals surface area contributed by atoms with E-state index in [2.05, 4.69) is 29.5 Å². The summed E-state index contributed by atoms with van der Waals surface area (Å²) in [6, 6.07) is 0. The van der Waals surface area contributed by atoms with E-state index in [-0.39, 0.29) is 11.4 Å². The molecule has 0 aromatic heterocycles. The van der Waals surface area contributed by atoms with Crippen LogP contribution in [0.5, 0.6) is 0 Å². The van der Waals surface area contributed by atoms with E-state index < -0.39 is 0 Å². The van der Waals surface area contributed by atoms with Crippen molar-refractivity contribution in [1.29, 1.82) is 0 Å². The molecule has 104 valence electrons. The van der Waals surface area contributed by atoms with Gasteiger partial charge in [-0.15, -0.1) is 0 Å². The highest BCUT2D eigenvalue weighted by molar-refractivity contribution is 5.86. The summed E-state index contributed by atoms with van der Waals surface area (Å²) < 4.78 is 0. The van der Waals surface area contributed by atoms with E-state index in [4.69, 9.17) is 0 Å². The third-order valence-corrected chi connectivity index (χ3v) is 4.56. The number of piperidine rings is 1.